The highest BCUT2D eigenvalue weighted by molar-refractivity contribution is 5.94. The molecule has 0 aliphatic rings. The van der Waals surface area contributed by atoms with Gasteiger partial charge in [-0.25, -0.2) is 4.79 Å². The number of rotatable bonds is 11. The zero-order valence-electron chi connectivity index (χ0n) is 16.5. The van der Waals surface area contributed by atoms with Crippen LogP contribution in [0.15, 0.2) is 0 Å². The van der Waals surface area contributed by atoms with Gasteiger partial charge < -0.3 is 31.9 Å². The van der Waals surface area contributed by atoms with E-state index in [4.69, 9.17) is 10.8 Å². The summed E-state index contributed by atoms with van der Waals surface area (Å²) in [6, 6.07) is -4.19. The van der Waals surface area contributed by atoms with Crippen LogP contribution in [0.25, 0.3) is 0 Å². The summed E-state index contributed by atoms with van der Waals surface area (Å²) < 4.78 is 0. The van der Waals surface area contributed by atoms with Crippen molar-refractivity contribution in [3.63, 3.8) is 0 Å². The van der Waals surface area contributed by atoms with Gasteiger partial charge in [0.1, 0.15) is 24.2 Å². The monoisotopic (exact) mass is 388 g/mol. The maximum absolute atomic E-state index is 12.5. The molecule has 7 N–H and O–H groups in total. The van der Waals surface area contributed by atoms with Gasteiger partial charge in [-0.2, -0.15) is 0 Å². The normalized spacial score (nSPS) is 16.6. The van der Waals surface area contributed by atoms with Crippen LogP contribution in [0, 0.1) is 11.8 Å². The molecule has 0 aliphatic heterocycles. The van der Waals surface area contributed by atoms with Crippen LogP contribution in [-0.4, -0.2) is 64.7 Å². The molecule has 156 valence electrons. The molecule has 0 heterocycles. The van der Waals surface area contributed by atoms with Gasteiger partial charge in [0.05, 0.1) is 6.61 Å². The number of aliphatic hydroxyl groups is 1. The molecule has 0 saturated heterocycles. The first kappa shape index (κ1) is 24.8. The lowest BCUT2D eigenvalue weighted by Crippen LogP contribution is -2.58. The van der Waals surface area contributed by atoms with E-state index in [-0.39, 0.29) is 11.8 Å². The van der Waals surface area contributed by atoms with Crippen molar-refractivity contribution in [3.05, 3.63) is 0 Å². The van der Waals surface area contributed by atoms with Gasteiger partial charge in [-0.15, -0.1) is 0 Å². The van der Waals surface area contributed by atoms with Crippen molar-refractivity contribution >= 4 is 23.7 Å². The van der Waals surface area contributed by atoms with E-state index < -0.39 is 54.5 Å². The number of amides is 3. The minimum Gasteiger partial charge on any atom is -0.480 e. The average molecular weight is 388 g/mol. The van der Waals surface area contributed by atoms with Crippen LogP contribution in [0.5, 0.6) is 0 Å². The van der Waals surface area contributed by atoms with Crippen LogP contribution in [0.1, 0.15) is 41.0 Å². The van der Waals surface area contributed by atoms with E-state index in [2.05, 4.69) is 16.0 Å². The summed E-state index contributed by atoms with van der Waals surface area (Å²) in [5.41, 5.74) is 5.37. The van der Waals surface area contributed by atoms with Crippen molar-refractivity contribution in [1.29, 1.82) is 0 Å². The van der Waals surface area contributed by atoms with Crippen LogP contribution in [0.3, 0.4) is 0 Å². The van der Waals surface area contributed by atoms with Gasteiger partial charge >= 0.3 is 5.97 Å². The number of carbonyl (C=O) groups is 4. The smallest absolute Gasteiger partial charge is 0.326 e. The van der Waals surface area contributed by atoms with E-state index >= 15 is 0 Å². The fraction of sp³-hybridized carbons (Fsp3) is 0.765. The zero-order chi connectivity index (χ0) is 21.3. The molecule has 0 radical (unpaired) electrons. The van der Waals surface area contributed by atoms with E-state index in [0.717, 1.165) is 0 Å². The van der Waals surface area contributed by atoms with Gasteiger partial charge in [-0.05, 0) is 18.8 Å². The Kier molecular flexibility index (Phi) is 10.6. The summed E-state index contributed by atoms with van der Waals surface area (Å²) in [6.07, 6.45) is 0.560. The molecular weight excluding hydrogens is 356 g/mol. The summed E-state index contributed by atoms with van der Waals surface area (Å²) in [4.78, 5) is 47.9. The molecular formula is C17H32N4O6. The average Bonchev–Trinajstić information content (AvgIpc) is 2.61. The largest absolute Gasteiger partial charge is 0.480 e. The second-order valence-corrected chi connectivity index (χ2v) is 6.96. The predicted molar refractivity (Wildman–Crippen MR) is 98.5 cm³/mol. The first-order chi connectivity index (χ1) is 12.5. The third kappa shape index (κ3) is 7.92. The molecule has 0 fully saturated rings. The Morgan fingerprint density at radius 3 is 1.81 bits per heavy atom. The van der Waals surface area contributed by atoms with Crippen molar-refractivity contribution < 1.29 is 29.4 Å². The Labute approximate surface area is 159 Å². The van der Waals surface area contributed by atoms with Gasteiger partial charge in [0.2, 0.25) is 17.7 Å². The van der Waals surface area contributed by atoms with E-state index in [1.165, 1.54) is 6.92 Å². The number of aliphatic hydroxyl groups excluding tert-OH is 1. The van der Waals surface area contributed by atoms with E-state index in [1.807, 2.05) is 6.92 Å². The Morgan fingerprint density at radius 2 is 1.41 bits per heavy atom. The fourth-order valence-electron chi connectivity index (χ4n) is 2.21. The molecule has 0 saturated carbocycles. The summed E-state index contributed by atoms with van der Waals surface area (Å²) >= 11 is 0. The highest BCUT2D eigenvalue weighted by Crippen LogP contribution is 2.10. The lowest BCUT2D eigenvalue weighted by molar-refractivity contribution is -0.144. The Bertz CT molecular complexity index is 540. The summed E-state index contributed by atoms with van der Waals surface area (Å²) in [6.45, 7) is 7.78. The fourth-order valence-corrected chi connectivity index (χ4v) is 2.21. The van der Waals surface area contributed by atoms with Crippen molar-refractivity contribution in [2.75, 3.05) is 6.61 Å². The number of nitrogens with two attached hydrogens (primary N) is 1. The molecule has 0 aromatic rings. The third-order valence-corrected chi connectivity index (χ3v) is 4.31. The molecule has 0 rings (SSSR count). The maximum Gasteiger partial charge on any atom is 0.326 e. The van der Waals surface area contributed by atoms with Gasteiger partial charge in [0.15, 0.2) is 0 Å². The van der Waals surface area contributed by atoms with Crippen LogP contribution in [0.2, 0.25) is 0 Å². The van der Waals surface area contributed by atoms with Crippen molar-refractivity contribution in [3.8, 4) is 0 Å². The Balaban J connectivity index is 5.06. The van der Waals surface area contributed by atoms with Gasteiger partial charge in [-0.1, -0.05) is 34.1 Å². The molecule has 10 heteroatoms. The first-order valence-electron chi connectivity index (χ1n) is 8.96. The van der Waals surface area contributed by atoms with E-state index in [9.17, 15) is 24.3 Å². The quantitative estimate of drug-likeness (QED) is 0.252. The van der Waals surface area contributed by atoms with Crippen molar-refractivity contribution in [2.45, 2.75) is 65.2 Å². The topological polar surface area (TPSA) is 171 Å². The number of carboxylic acid groups (broad SMARTS) is 1. The highest BCUT2D eigenvalue weighted by atomic mass is 16.4. The first-order valence-corrected chi connectivity index (χ1v) is 8.96. The molecule has 10 nitrogen and oxygen atoms in total. The van der Waals surface area contributed by atoms with E-state index in [0.29, 0.717) is 6.42 Å². The Hall–Kier alpha value is -2.20. The van der Waals surface area contributed by atoms with Crippen LogP contribution < -0.4 is 21.7 Å². The third-order valence-electron chi connectivity index (χ3n) is 4.31. The van der Waals surface area contributed by atoms with Gasteiger partial charge in [0, 0.05) is 0 Å². The number of hydrogen-bond donors (Lipinski definition) is 6. The molecule has 3 amide bonds. The number of aliphatic carboxylic acids is 1. The van der Waals surface area contributed by atoms with Crippen molar-refractivity contribution in [2.24, 2.45) is 17.6 Å². The number of carbonyl (C=O) groups excluding carboxylic acids is 3. The SMILES string of the molecule is CCC(C)C(NC(=O)C(NC(=O)C(C)NC(=O)C(N)CO)C(C)C)C(=O)O. The molecule has 0 aromatic carbocycles. The number of carboxylic acids is 1. The predicted octanol–water partition coefficient (Wildman–Crippen LogP) is -1.43. The summed E-state index contributed by atoms with van der Waals surface area (Å²) in [5.74, 6) is -3.69. The lowest BCUT2D eigenvalue weighted by Gasteiger charge is -2.27. The second kappa shape index (κ2) is 11.5. The zero-order valence-corrected chi connectivity index (χ0v) is 16.5. The molecule has 0 aromatic heterocycles. The maximum atomic E-state index is 12.5. The summed E-state index contributed by atoms with van der Waals surface area (Å²) in [5, 5.41) is 25.5. The molecule has 0 aliphatic carbocycles. The minimum absolute atomic E-state index is 0.284. The summed E-state index contributed by atoms with van der Waals surface area (Å²) in [7, 11) is 0. The number of nitrogens with one attached hydrogen (secondary N) is 3. The molecule has 5 unspecified atom stereocenters. The minimum atomic E-state index is -1.16. The van der Waals surface area contributed by atoms with Gasteiger partial charge in [-0.3, -0.25) is 14.4 Å². The highest BCUT2D eigenvalue weighted by Gasteiger charge is 2.32. The van der Waals surface area contributed by atoms with Crippen LogP contribution in [-0.2, 0) is 19.2 Å². The lowest BCUT2D eigenvalue weighted by atomic mass is 9.97. The van der Waals surface area contributed by atoms with E-state index in [1.54, 1.807) is 20.8 Å². The Morgan fingerprint density at radius 1 is 0.889 bits per heavy atom. The van der Waals surface area contributed by atoms with Crippen LogP contribution >= 0.6 is 0 Å². The molecule has 27 heavy (non-hydrogen) atoms. The van der Waals surface area contributed by atoms with Crippen LogP contribution in [0.4, 0.5) is 0 Å². The van der Waals surface area contributed by atoms with Crippen molar-refractivity contribution in [1.82, 2.24) is 16.0 Å². The number of hydrogen-bond acceptors (Lipinski definition) is 6. The molecule has 0 bridgehead atoms. The molecule has 0 spiro atoms. The second-order valence-electron chi connectivity index (χ2n) is 6.96. The van der Waals surface area contributed by atoms with Gasteiger partial charge in [0.25, 0.3) is 0 Å². The molecule has 5 atom stereocenters. The standard InChI is InChI=1S/C17H32N4O6/c1-6-9(4)13(17(26)27)21-16(25)12(8(2)3)20-14(23)10(5)19-15(24)11(18)7-22/h8-13,22H,6-7,18H2,1-5H3,(H,19,24)(H,20,23)(H,21,25)(H,26,27).